The quantitative estimate of drug-likeness (QED) is 0.0337. The number of rotatable bonds is 47. The van der Waals surface area contributed by atoms with Crippen LogP contribution in [0.4, 0.5) is 4.79 Å². The first kappa shape index (κ1) is 59.1. The molecule has 9 heteroatoms. The maximum absolute atomic E-state index is 12.9. The highest BCUT2D eigenvalue weighted by molar-refractivity contribution is 5.69. The maximum Gasteiger partial charge on any atom is 0.508 e. The zero-order valence-corrected chi connectivity index (χ0v) is 41.4. The lowest BCUT2D eigenvalue weighted by Gasteiger charge is -2.26. The van der Waals surface area contributed by atoms with E-state index in [1.165, 1.54) is 116 Å². The van der Waals surface area contributed by atoms with Crippen molar-refractivity contribution in [2.45, 2.75) is 253 Å². The molecule has 9 nitrogen and oxygen atoms in total. The van der Waals surface area contributed by atoms with Gasteiger partial charge in [-0.3, -0.25) is 14.5 Å². The van der Waals surface area contributed by atoms with Crippen molar-refractivity contribution < 1.29 is 33.3 Å². The van der Waals surface area contributed by atoms with Gasteiger partial charge in [0, 0.05) is 39.0 Å². The Morgan fingerprint density at radius 2 is 0.787 bits per heavy atom. The van der Waals surface area contributed by atoms with E-state index >= 15 is 0 Å². The molecule has 0 aromatic heterocycles. The third kappa shape index (κ3) is 40.6. The van der Waals surface area contributed by atoms with Gasteiger partial charge in [-0.25, -0.2) is 4.79 Å². The van der Waals surface area contributed by atoms with E-state index in [1.54, 1.807) is 0 Å². The number of hydrogen-bond donors (Lipinski definition) is 0. The van der Waals surface area contributed by atoms with Gasteiger partial charge in [0.2, 0.25) is 0 Å². The fourth-order valence-electron chi connectivity index (χ4n) is 8.06. The topological polar surface area (TPSA) is 94.6 Å². The number of carbonyl (C=O) groups is 3. The Morgan fingerprint density at radius 3 is 1.30 bits per heavy atom. The molecule has 0 radical (unpaired) electrons. The molecule has 2 unspecified atom stereocenters. The summed E-state index contributed by atoms with van der Waals surface area (Å²) in [6.07, 6.45) is 35.2. The number of unbranched alkanes of at least 4 members (excludes halogenated alkanes) is 21. The molecule has 0 amide bonds. The van der Waals surface area contributed by atoms with Gasteiger partial charge in [-0.2, -0.15) is 0 Å². The molecule has 0 spiro atoms. The van der Waals surface area contributed by atoms with E-state index in [4.69, 9.17) is 18.9 Å². The molecule has 0 fully saturated rings. The average Bonchev–Trinajstić information content (AvgIpc) is 3.26. The summed E-state index contributed by atoms with van der Waals surface area (Å²) in [7, 11) is 0. The van der Waals surface area contributed by atoms with Gasteiger partial charge in [-0.15, -0.1) is 0 Å². The van der Waals surface area contributed by atoms with E-state index in [1.807, 2.05) is 0 Å². The number of hydrogen-bond acceptors (Lipinski definition) is 9. The van der Waals surface area contributed by atoms with Crippen LogP contribution in [-0.2, 0) is 28.5 Å². The van der Waals surface area contributed by atoms with Gasteiger partial charge < -0.3 is 23.8 Å². The van der Waals surface area contributed by atoms with Crippen LogP contribution in [0.2, 0.25) is 0 Å². The highest BCUT2D eigenvalue weighted by Gasteiger charge is 2.17. The lowest BCUT2D eigenvalue weighted by molar-refractivity contribution is -0.145. The van der Waals surface area contributed by atoms with Gasteiger partial charge in [0.1, 0.15) is 19.3 Å². The minimum Gasteiger partial charge on any atom is -0.465 e. The smallest absolute Gasteiger partial charge is 0.465 e. The Bertz CT molecular complexity index is 962. The van der Waals surface area contributed by atoms with Crippen LogP contribution in [0, 0.1) is 5.92 Å². The van der Waals surface area contributed by atoms with E-state index in [-0.39, 0.29) is 24.6 Å². The first-order valence-corrected chi connectivity index (χ1v) is 26.4. The second-order valence-electron chi connectivity index (χ2n) is 17.9. The number of likely N-dealkylation sites (N-methyl/N-ethyl adjacent to an activating group) is 1. The van der Waals surface area contributed by atoms with Gasteiger partial charge in [0.15, 0.2) is 0 Å². The van der Waals surface area contributed by atoms with E-state index in [2.05, 4.69) is 51.3 Å². The van der Waals surface area contributed by atoms with Crippen molar-refractivity contribution in [3.05, 3.63) is 0 Å². The van der Waals surface area contributed by atoms with Crippen LogP contribution in [0.15, 0.2) is 0 Å². The molecule has 0 aliphatic rings. The van der Waals surface area contributed by atoms with Crippen molar-refractivity contribution in [1.82, 2.24) is 9.80 Å². The fourth-order valence-corrected chi connectivity index (χ4v) is 8.06. The second kappa shape index (κ2) is 46.1. The zero-order chi connectivity index (χ0) is 44.9. The summed E-state index contributed by atoms with van der Waals surface area (Å²) >= 11 is 0. The molecule has 0 bridgehead atoms. The van der Waals surface area contributed by atoms with Crippen molar-refractivity contribution in [2.24, 2.45) is 5.92 Å². The van der Waals surface area contributed by atoms with E-state index in [9.17, 15) is 14.4 Å². The highest BCUT2D eigenvalue weighted by atomic mass is 16.7. The monoisotopic (exact) mass is 867 g/mol. The Morgan fingerprint density at radius 1 is 0.393 bits per heavy atom. The van der Waals surface area contributed by atoms with Crippen LogP contribution in [0.3, 0.4) is 0 Å². The lowest BCUT2D eigenvalue weighted by atomic mass is 9.96. The normalized spacial score (nSPS) is 12.5. The molecule has 0 saturated carbocycles. The highest BCUT2D eigenvalue weighted by Crippen LogP contribution is 2.20. The van der Waals surface area contributed by atoms with Gasteiger partial charge >= 0.3 is 18.1 Å². The maximum atomic E-state index is 12.9. The van der Waals surface area contributed by atoms with Crippen molar-refractivity contribution in [3.8, 4) is 0 Å². The zero-order valence-electron chi connectivity index (χ0n) is 41.4. The third-order valence-corrected chi connectivity index (χ3v) is 12.4. The first-order valence-electron chi connectivity index (χ1n) is 26.4. The molecule has 0 heterocycles. The Kier molecular flexibility index (Phi) is 44.7. The molecule has 61 heavy (non-hydrogen) atoms. The summed E-state index contributed by atoms with van der Waals surface area (Å²) in [6.45, 7) is 19.4. The van der Waals surface area contributed by atoms with Crippen molar-refractivity contribution in [2.75, 3.05) is 59.1 Å². The predicted molar refractivity (Wildman–Crippen MR) is 256 cm³/mol. The van der Waals surface area contributed by atoms with Crippen LogP contribution in [-0.4, -0.2) is 93.1 Å². The van der Waals surface area contributed by atoms with Crippen molar-refractivity contribution >= 4 is 18.1 Å². The summed E-state index contributed by atoms with van der Waals surface area (Å²) in [6, 6.07) is 0. The van der Waals surface area contributed by atoms with Gasteiger partial charge in [-0.1, -0.05) is 183 Å². The minimum atomic E-state index is -0.571. The number of ether oxygens (including phenoxy) is 4. The van der Waals surface area contributed by atoms with Crippen molar-refractivity contribution in [1.29, 1.82) is 0 Å². The number of esters is 2. The van der Waals surface area contributed by atoms with E-state index in [0.717, 1.165) is 103 Å². The molecular weight excluding hydrogens is 765 g/mol. The van der Waals surface area contributed by atoms with Crippen LogP contribution >= 0.6 is 0 Å². The summed E-state index contributed by atoms with van der Waals surface area (Å²) in [5.41, 5.74) is 0. The summed E-state index contributed by atoms with van der Waals surface area (Å²) in [4.78, 5) is 42.4. The molecule has 2 atom stereocenters. The molecule has 0 N–H and O–H groups in total. The predicted octanol–water partition coefficient (Wildman–Crippen LogP) is 14.4. The molecule has 0 aliphatic carbocycles. The van der Waals surface area contributed by atoms with Gasteiger partial charge in [-0.05, 0) is 70.4 Å². The third-order valence-electron chi connectivity index (χ3n) is 12.4. The second-order valence-corrected chi connectivity index (χ2v) is 17.9. The van der Waals surface area contributed by atoms with E-state index < -0.39 is 6.16 Å². The largest absolute Gasteiger partial charge is 0.508 e. The average molecular weight is 867 g/mol. The SMILES string of the molecule is CCCCCCCCCCCC(=O)OCCN(CCOC(=O)OC(CCCCCC)CCCCCCCCCC(=O)OCC(CCCC)CCCCCC)CCN(CC)CC. The summed E-state index contributed by atoms with van der Waals surface area (Å²) in [5.74, 6) is 0.383. The summed E-state index contributed by atoms with van der Waals surface area (Å²) < 4.78 is 22.9. The van der Waals surface area contributed by atoms with Gasteiger partial charge in [0.25, 0.3) is 0 Å². The van der Waals surface area contributed by atoms with Crippen LogP contribution in [0.5, 0.6) is 0 Å². The molecular formula is C52H102N2O7. The molecule has 0 aromatic rings. The number of carbonyl (C=O) groups excluding carboxylic acids is 3. The Labute approximate surface area is 378 Å². The fraction of sp³-hybridized carbons (Fsp3) is 0.942. The lowest BCUT2D eigenvalue weighted by Crippen LogP contribution is -2.39. The Balaban J connectivity index is 4.54. The molecule has 362 valence electrons. The van der Waals surface area contributed by atoms with E-state index in [0.29, 0.717) is 45.1 Å². The molecule has 0 aliphatic heterocycles. The van der Waals surface area contributed by atoms with Crippen molar-refractivity contribution in [3.63, 3.8) is 0 Å². The summed E-state index contributed by atoms with van der Waals surface area (Å²) in [5, 5.41) is 0. The minimum absolute atomic E-state index is 0.0245. The molecule has 0 saturated heterocycles. The van der Waals surface area contributed by atoms with Crippen LogP contribution < -0.4 is 0 Å². The molecule has 0 aromatic carbocycles. The van der Waals surface area contributed by atoms with Crippen LogP contribution in [0.1, 0.15) is 247 Å². The Hall–Kier alpha value is -1.87. The van der Waals surface area contributed by atoms with Gasteiger partial charge in [0.05, 0.1) is 6.61 Å². The van der Waals surface area contributed by atoms with Crippen LogP contribution in [0.25, 0.3) is 0 Å². The standard InChI is InChI=1S/C52H102N2O7/c1-7-13-17-20-21-22-25-28-33-39-50(55)58-45-43-54(42-41-53(11-5)12-6)44-46-59-52(57)61-49(37-31-19-15-9-3)38-32-27-24-23-26-29-34-40-51(56)60-47-48(35-16-10-4)36-30-18-14-8-2/h48-49H,7-47H2,1-6H3. The number of nitrogens with zero attached hydrogens (tertiary/aromatic N) is 2. The first-order chi connectivity index (χ1) is 29.8. The molecule has 0 rings (SSSR count).